The van der Waals surface area contributed by atoms with Gasteiger partial charge in [-0.3, -0.25) is 14.7 Å². The number of rotatable bonds is 4. The first kappa shape index (κ1) is 21.4. The Kier molecular flexibility index (Phi) is 5.72. The number of nitrogens with zero attached hydrogens (tertiary/aromatic N) is 3. The largest absolute Gasteiger partial charge is 0.486 e. The van der Waals surface area contributed by atoms with Gasteiger partial charge in [0, 0.05) is 61.7 Å². The zero-order valence-corrected chi connectivity index (χ0v) is 18.4. The van der Waals surface area contributed by atoms with Crippen molar-refractivity contribution in [3.05, 3.63) is 58.7 Å². The number of benzene rings is 1. The molecule has 1 aromatic heterocycles. The first-order valence-electron chi connectivity index (χ1n) is 11.1. The van der Waals surface area contributed by atoms with Crippen LogP contribution in [0.2, 0.25) is 0 Å². The fourth-order valence-corrected chi connectivity index (χ4v) is 4.43. The van der Waals surface area contributed by atoms with Gasteiger partial charge < -0.3 is 19.7 Å². The van der Waals surface area contributed by atoms with Gasteiger partial charge in [0.1, 0.15) is 18.2 Å². The van der Waals surface area contributed by atoms with Crippen LogP contribution in [0.5, 0.6) is 0 Å². The van der Waals surface area contributed by atoms with E-state index in [0.717, 1.165) is 43.0 Å². The van der Waals surface area contributed by atoms with E-state index in [1.165, 1.54) is 12.1 Å². The normalized spacial score (nSPS) is 19.7. The molecule has 1 saturated heterocycles. The van der Waals surface area contributed by atoms with Gasteiger partial charge in [-0.1, -0.05) is 0 Å². The highest BCUT2D eigenvalue weighted by atomic mass is 19.1. The predicted octanol–water partition coefficient (Wildman–Crippen LogP) is 2.89. The highest BCUT2D eigenvalue weighted by molar-refractivity contribution is 6.36. The van der Waals surface area contributed by atoms with Gasteiger partial charge in [-0.15, -0.1) is 0 Å². The first-order valence-corrected chi connectivity index (χ1v) is 11.1. The zero-order valence-electron chi connectivity index (χ0n) is 18.4. The summed E-state index contributed by atoms with van der Waals surface area (Å²) in [5.74, 6) is -0.261. The number of halogens is 1. The molecule has 0 aliphatic carbocycles. The van der Waals surface area contributed by atoms with E-state index >= 15 is 0 Å². The van der Waals surface area contributed by atoms with Crippen LogP contribution in [0.15, 0.2) is 30.3 Å². The highest BCUT2D eigenvalue weighted by Gasteiger charge is 2.33. The number of fused-ring (bicyclic) bond motifs is 2. The number of ether oxygens (including phenoxy) is 2. The van der Waals surface area contributed by atoms with E-state index in [-0.39, 0.29) is 18.6 Å². The van der Waals surface area contributed by atoms with Gasteiger partial charge in [-0.05, 0) is 37.3 Å². The molecular formula is C24H25FN4O4. The molecule has 5 rings (SSSR count). The summed E-state index contributed by atoms with van der Waals surface area (Å²) in [4.78, 5) is 33.2. The van der Waals surface area contributed by atoms with Crippen LogP contribution in [0.25, 0.3) is 11.3 Å². The number of pyridine rings is 1. The zero-order chi connectivity index (χ0) is 22.9. The van der Waals surface area contributed by atoms with Crippen LogP contribution >= 0.6 is 0 Å². The lowest BCUT2D eigenvalue weighted by Gasteiger charge is -2.33. The van der Waals surface area contributed by atoms with Crippen LogP contribution in [-0.4, -0.2) is 66.1 Å². The van der Waals surface area contributed by atoms with Crippen molar-refractivity contribution in [2.75, 3.05) is 44.6 Å². The number of hydrogen-bond donors (Lipinski definition) is 1. The van der Waals surface area contributed by atoms with Crippen molar-refractivity contribution in [3.8, 4) is 0 Å². The lowest BCUT2D eigenvalue weighted by atomic mass is 10.0. The van der Waals surface area contributed by atoms with E-state index < -0.39 is 5.82 Å². The maximum atomic E-state index is 13.8. The van der Waals surface area contributed by atoms with Crippen LogP contribution in [-0.2, 0) is 27.3 Å². The molecule has 33 heavy (non-hydrogen) atoms. The summed E-state index contributed by atoms with van der Waals surface area (Å²) in [6, 6.07) is 8.10. The lowest BCUT2D eigenvalue weighted by molar-refractivity contribution is -0.110. The topological polar surface area (TPSA) is 84.0 Å². The molecule has 0 radical (unpaired) electrons. The maximum Gasteiger partial charge on any atom is 0.409 e. The van der Waals surface area contributed by atoms with Crippen molar-refractivity contribution >= 4 is 29.0 Å². The van der Waals surface area contributed by atoms with Gasteiger partial charge in [0.2, 0.25) is 0 Å². The number of carbonyl (C=O) groups is 2. The number of aromatic nitrogens is 1. The molecule has 1 N–H and O–H groups in total. The lowest BCUT2D eigenvalue weighted by Crippen LogP contribution is -2.49. The van der Waals surface area contributed by atoms with Crippen LogP contribution in [0, 0.1) is 5.82 Å². The molecule has 2 amide bonds. The molecule has 172 valence electrons. The molecule has 3 aliphatic rings. The van der Waals surface area contributed by atoms with Crippen molar-refractivity contribution in [1.29, 1.82) is 0 Å². The number of piperazine rings is 1. The molecule has 3 aliphatic heterocycles. The smallest absolute Gasteiger partial charge is 0.409 e. The summed E-state index contributed by atoms with van der Waals surface area (Å²) in [7, 11) is 0. The minimum absolute atomic E-state index is 0.247. The molecule has 0 bridgehead atoms. The van der Waals surface area contributed by atoms with Crippen LogP contribution in [0.3, 0.4) is 0 Å². The summed E-state index contributed by atoms with van der Waals surface area (Å²) in [5.41, 5.74) is 3.92. The Hall–Kier alpha value is -3.46. The molecule has 4 heterocycles. The predicted molar refractivity (Wildman–Crippen MR) is 120 cm³/mol. The fraction of sp³-hybridized carbons (Fsp3) is 0.375. The molecule has 0 saturated carbocycles. The highest BCUT2D eigenvalue weighted by Crippen LogP contribution is 2.41. The molecule has 2 aromatic rings. The average Bonchev–Trinajstić information content (AvgIpc) is 3.37. The van der Waals surface area contributed by atoms with E-state index in [9.17, 15) is 14.0 Å². The summed E-state index contributed by atoms with van der Waals surface area (Å²) < 4.78 is 24.7. The van der Waals surface area contributed by atoms with Crippen LogP contribution < -0.4 is 5.32 Å². The summed E-state index contributed by atoms with van der Waals surface area (Å²) >= 11 is 0. The van der Waals surface area contributed by atoms with Gasteiger partial charge in [0.05, 0.1) is 17.9 Å². The van der Waals surface area contributed by atoms with Crippen LogP contribution in [0.4, 0.5) is 14.9 Å². The monoisotopic (exact) mass is 452 g/mol. The van der Waals surface area contributed by atoms with E-state index in [1.807, 2.05) is 19.1 Å². The second-order valence-electron chi connectivity index (χ2n) is 8.21. The Morgan fingerprint density at radius 1 is 1.18 bits per heavy atom. The van der Waals surface area contributed by atoms with Crippen molar-refractivity contribution < 1.29 is 23.5 Å². The third-order valence-electron chi connectivity index (χ3n) is 6.17. The van der Waals surface area contributed by atoms with Crippen molar-refractivity contribution in [3.63, 3.8) is 0 Å². The Morgan fingerprint density at radius 2 is 2.00 bits per heavy atom. The quantitative estimate of drug-likeness (QED) is 0.719. The maximum absolute atomic E-state index is 13.8. The van der Waals surface area contributed by atoms with E-state index in [2.05, 4.69) is 10.2 Å². The second-order valence-corrected chi connectivity index (χ2v) is 8.21. The Morgan fingerprint density at radius 3 is 2.79 bits per heavy atom. The van der Waals surface area contributed by atoms with Crippen LogP contribution in [0.1, 0.15) is 29.4 Å². The standard InChI is InChI=1S/C24H25FN4O4/c1-2-32-24(31)29-11-9-28(10-12-29)8-7-16-4-5-17-20(26-16)14-33-22(17)21-18-13-15(25)3-6-19(18)27-23(21)30/h3-6,13H,2,7-12,14H2,1H3,(H,27,30)/b22-21+. The van der Waals surface area contributed by atoms with Gasteiger partial charge in [0.15, 0.2) is 0 Å². The number of hydrogen-bond acceptors (Lipinski definition) is 6. The van der Waals surface area contributed by atoms with E-state index in [0.29, 0.717) is 42.3 Å². The number of amides is 2. The third-order valence-corrected chi connectivity index (χ3v) is 6.17. The van der Waals surface area contributed by atoms with Crippen molar-refractivity contribution in [2.24, 2.45) is 0 Å². The fourth-order valence-electron chi connectivity index (χ4n) is 4.43. The summed E-state index contributed by atoms with van der Waals surface area (Å²) in [6.07, 6.45) is 0.524. The summed E-state index contributed by atoms with van der Waals surface area (Å²) in [5, 5.41) is 2.77. The van der Waals surface area contributed by atoms with Gasteiger partial charge in [-0.2, -0.15) is 0 Å². The Bertz CT molecular complexity index is 1140. The third kappa shape index (κ3) is 4.16. The molecule has 0 atom stereocenters. The molecule has 0 unspecified atom stereocenters. The van der Waals surface area contributed by atoms with Gasteiger partial charge in [-0.25, -0.2) is 9.18 Å². The molecule has 1 aromatic carbocycles. The SMILES string of the molecule is CCOC(=O)N1CCN(CCc2ccc3c(n2)CO/C3=C2/C(=O)Nc3ccc(F)cc32)CC1. The number of nitrogens with one attached hydrogen (secondary N) is 1. The van der Waals surface area contributed by atoms with E-state index in [4.69, 9.17) is 14.5 Å². The summed E-state index contributed by atoms with van der Waals surface area (Å²) in [6.45, 7) is 6.23. The Balaban J connectivity index is 1.26. The molecule has 8 nitrogen and oxygen atoms in total. The molecular weight excluding hydrogens is 427 g/mol. The van der Waals surface area contributed by atoms with E-state index in [1.54, 1.807) is 11.0 Å². The molecule has 0 spiro atoms. The number of anilines is 1. The average molecular weight is 452 g/mol. The minimum Gasteiger partial charge on any atom is -0.486 e. The van der Waals surface area contributed by atoms with Gasteiger partial charge in [0.25, 0.3) is 5.91 Å². The first-order chi connectivity index (χ1) is 16.0. The minimum atomic E-state index is -0.405. The van der Waals surface area contributed by atoms with Crippen molar-refractivity contribution in [2.45, 2.75) is 20.0 Å². The second kappa shape index (κ2) is 8.82. The van der Waals surface area contributed by atoms with Gasteiger partial charge >= 0.3 is 6.09 Å². The Labute approximate surface area is 191 Å². The molecule has 9 heteroatoms. The molecule has 1 fully saturated rings. The number of carbonyl (C=O) groups excluding carboxylic acids is 2. The van der Waals surface area contributed by atoms with Crippen molar-refractivity contribution in [1.82, 2.24) is 14.8 Å².